The van der Waals surface area contributed by atoms with Gasteiger partial charge in [-0.1, -0.05) is 37.5 Å². The summed E-state index contributed by atoms with van der Waals surface area (Å²) in [5, 5.41) is 3.11. The Morgan fingerprint density at radius 1 is 0.935 bits per heavy atom. The molecular formula is C25H40N4O2+2. The van der Waals surface area contributed by atoms with Gasteiger partial charge in [0.1, 0.15) is 26.2 Å². The Morgan fingerprint density at radius 3 is 2.23 bits per heavy atom. The van der Waals surface area contributed by atoms with Gasteiger partial charge in [0.25, 0.3) is 11.8 Å². The first-order valence-electron chi connectivity index (χ1n) is 12.3. The minimum absolute atomic E-state index is 0.0854. The molecule has 6 heteroatoms. The van der Waals surface area contributed by atoms with Crippen LogP contribution in [0.5, 0.6) is 0 Å². The molecule has 31 heavy (non-hydrogen) atoms. The minimum atomic E-state index is 0.0854. The number of quaternary nitrogens is 2. The van der Waals surface area contributed by atoms with Crippen molar-refractivity contribution >= 4 is 17.5 Å². The van der Waals surface area contributed by atoms with Gasteiger partial charge >= 0.3 is 0 Å². The van der Waals surface area contributed by atoms with E-state index in [0.717, 1.165) is 67.9 Å². The maximum Gasteiger partial charge on any atom is 0.279 e. The van der Waals surface area contributed by atoms with Gasteiger partial charge in [-0.3, -0.25) is 9.59 Å². The highest BCUT2D eigenvalue weighted by atomic mass is 16.2. The second-order valence-corrected chi connectivity index (χ2v) is 10.1. The van der Waals surface area contributed by atoms with Crippen molar-refractivity contribution in [2.24, 2.45) is 11.8 Å². The lowest BCUT2D eigenvalue weighted by atomic mass is 9.75. The predicted molar refractivity (Wildman–Crippen MR) is 122 cm³/mol. The Labute approximate surface area is 187 Å². The van der Waals surface area contributed by atoms with Crippen LogP contribution in [0, 0.1) is 25.7 Å². The molecule has 3 aliphatic rings. The molecule has 2 amide bonds. The van der Waals surface area contributed by atoms with Crippen molar-refractivity contribution in [3.8, 4) is 0 Å². The zero-order valence-electron chi connectivity index (χ0n) is 19.3. The number of hydrogen-bond donors (Lipinski definition) is 3. The number of piperazine rings is 1. The third kappa shape index (κ3) is 5.66. The van der Waals surface area contributed by atoms with Gasteiger partial charge in [-0.25, -0.2) is 0 Å². The molecule has 2 saturated heterocycles. The summed E-state index contributed by atoms with van der Waals surface area (Å²) in [4.78, 5) is 30.3. The van der Waals surface area contributed by atoms with Crippen LogP contribution >= 0.6 is 0 Å². The summed E-state index contributed by atoms with van der Waals surface area (Å²) >= 11 is 0. The normalized spacial score (nSPS) is 28.6. The first-order valence-corrected chi connectivity index (χ1v) is 12.3. The lowest BCUT2D eigenvalue weighted by Gasteiger charge is -2.41. The van der Waals surface area contributed by atoms with Crippen LogP contribution in [0.4, 0.5) is 5.69 Å². The van der Waals surface area contributed by atoms with Crippen LogP contribution in [0.1, 0.15) is 43.2 Å². The molecule has 0 aromatic heterocycles. The molecule has 0 unspecified atom stereocenters. The van der Waals surface area contributed by atoms with Crippen LogP contribution in [0.25, 0.3) is 0 Å². The molecule has 170 valence electrons. The second-order valence-electron chi connectivity index (χ2n) is 10.1. The highest BCUT2D eigenvalue weighted by Gasteiger charge is 2.34. The number of para-hydroxylation sites is 1. The fourth-order valence-electron chi connectivity index (χ4n) is 5.89. The molecule has 0 radical (unpaired) electrons. The summed E-state index contributed by atoms with van der Waals surface area (Å²) in [5.74, 6) is 2.04. The number of aryl methyl sites for hydroxylation is 2. The van der Waals surface area contributed by atoms with Crippen molar-refractivity contribution in [3.05, 3.63) is 29.3 Å². The average molecular weight is 429 g/mol. The zero-order valence-corrected chi connectivity index (χ0v) is 19.3. The monoisotopic (exact) mass is 428 g/mol. The van der Waals surface area contributed by atoms with E-state index in [0.29, 0.717) is 19.0 Å². The van der Waals surface area contributed by atoms with Crippen molar-refractivity contribution in [2.75, 3.05) is 57.7 Å². The lowest BCUT2D eigenvalue weighted by molar-refractivity contribution is -1.00. The summed E-state index contributed by atoms with van der Waals surface area (Å²) in [6.45, 7) is 11.0. The van der Waals surface area contributed by atoms with Crippen molar-refractivity contribution in [2.45, 2.75) is 46.0 Å². The molecule has 4 rings (SSSR count). The topological polar surface area (TPSA) is 58.3 Å². The summed E-state index contributed by atoms with van der Waals surface area (Å²) in [6.07, 6.45) is 6.62. The summed E-state index contributed by atoms with van der Waals surface area (Å²) in [5.41, 5.74) is 3.16. The number of amides is 2. The molecule has 0 spiro atoms. The van der Waals surface area contributed by atoms with E-state index in [4.69, 9.17) is 0 Å². The van der Waals surface area contributed by atoms with E-state index < -0.39 is 0 Å². The van der Waals surface area contributed by atoms with E-state index in [-0.39, 0.29) is 5.91 Å². The van der Waals surface area contributed by atoms with Crippen LogP contribution < -0.4 is 15.1 Å². The largest absolute Gasteiger partial charge is 0.338 e. The molecule has 2 heterocycles. The highest BCUT2D eigenvalue weighted by Crippen LogP contribution is 2.35. The first kappa shape index (κ1) is 22.3. The summed E-state index contributed by atoms with van der Waals surface area (Å²) in [7, 11) is 0. The Balaban J connectivity index is 1.19. The van der Waals surface area contributed by atoms with Gasteiger partial charge in [0.05, 0.1) is 0 Å². The number of nitrogens with one attached hydrogen (secondary N) is 3. The van der Waals surface area contributed by atoms with E-state index in [1.165, 1.54) is 41.9 Å². The maximum absolute atomic E-state index is 12.9. The number of rotatable bonds is 5. The Bertz CT molecular complexity index is 767. The van der Waals surface area contributed by atoms with Crippen LogP contribution in [0.3, 0.4) is 0 Å². The molecule has 1 aliphatic carbocycles. The van der Waals surface area contributed by atoms with E-state index in [1.807, 2.05) is 32.0 Å². The number of carbonyl (C=O) groups is 2. The standard InChI is InChI=1S/C25H38N4O2/c1-19-6-5-7-20(2)25(19)26-23(30)17-27-12-14-28(15-13-27)18-24(31)29-11-10-21-8-3-4-9-22(21)16-29/h5-7,21-22H,3-4,8-18H2,1-2H3,(H,26,30)/p+2/t21-,22+/m0/s1. The fourth-order valence-corrected chi connectivity index (χ4v) is 5.89. The van der Waals surface area contributed by atoms with Crippen molar-refractivity contribution in [1.29, 1.82) is 0 Å². The molecule has 2 aliphatic heterocycles. The molecule has 0 bridgehead atoms. The third-order valence-corrected chi connectivity index (χ3v) is 7.87. The molecule has 1 saturated carbocycles. The van der Waals surface area contributed by atoms with Gasteiger partial charge in [0, 0.05) is 18.8 Å². The molecule has 1 aromatic rings. The number of hydrogen-bond acceptors (Lipinski definition) is 2. The maximum atomic E-state index is 12.9. The molecule has 6 nitrogen and oxygen atoms in total. The quantitative estimate of drug-likeness (QED) is 0.622. The molecule has 3 fully saturated rings. The first-order chi connectivity index (χ1) is 15.0. The molecule has 1 aromatic carbocycles. The lowest BCUT2D eigenvalue weighted by Crippen LogP contribution is -3.28. The SMILES string of the molecule is Cc1cccc(C)c1NC(=O)C[NH+]1CC[NH+](CC(=O)N2CC[C@@H]3CCCC[C@@H]3C2)CC1. The summed E-state index contributed by atoms with van der Waals surface area (Å²) < 4.78 is 0. The fraction of sp³-hybridized carbons (Fsp3) is 0.680. The number of anilines is 1. The number of nitrogens with zero attached hydrogens (tertiary/aromatic N) is 1. The van der Waals surface area contributed by atoms with Gasteiger partial charge < -0.3 is 20.0 Å². The van der Waals surface area contributed by atoms with Crippen LogP contribution in [0.15, 0.2) is 18.2 Å². The van der Waals surface area contributed by atoms with Crippen molar-refractivity contribution in [1.82, 2.24) is 4.90 Å². The third-order valence-electron chi connectivity index (χ3n) is 7.87. The Hall–Kier alpha value is -1.92. The molecule has 3 N–H and O–H groups in total. The van der Waals surface area contributed by atoms with E-state index >= 15 is 0 Å². The smallest absolute Gasteiger partial charge is 0.279 e. The number of carbonyl (C=O) groups excluding carboxylic acids is 2. The van der Waals surface area contributed by atoms with Crippen LogP contribution in [-0.2, 0) is 9.59 Å². The van der Waals surface area contributed by atoms with Gasteiger partial charge in [0.15, 0.2) is 13.1 Å². The average Bonchev–Trinajstić information content (AvgIpc) is 2.77. The zero-order chi connectivity index (χ0) is 21.8. The van der Waals surface area contributed by atoms with Crippen LogP contribution in [0.2, 0.25) is 0 Å². The van der Waals surface area contributed by atoms with Gasteiger partial charge in [-0.2, -0.15) is 0 Å². The van der Waals surface area contributed by atoms with Crippen molar-refractivity contribution in [3.63, 3.8) is 0 Å². The second kappa shape index (κ2) is 10.1. The molecular weight excluding hydrogens is 388 g/mol. The Morgan fingerprint density at radius 2 is 1.55 bits per heavy atom. The number of fused-ring (bicyclic) bond motifs is 1. The van der Waals surface area contributed by atoms with Gasteiger partial charge in [0.2, 0.25) is 0 Å². The number of piperidine rings is 1. The highest BCUT2D eigenvalue weighted by molar-refractivity contribution is 5.93. The van der Waals surface area contributed by atoms with E-state index in [2.05, 4.69) is 10.2 Å². The van der Waals surface area contributed by atoms with Gasteiger partial charge in [-0.15, -0.1) is 0 Å². The van der Waals surface area contributed by atoms with Crippen molar-refractivity contribution < 1.29 is 19.4 Å². The van der Waals surface area contributed by atoms with E-state index in [1.54, 1.807) is 0 Å². The minimum Gasteiger partial charge on any atom is -0.338 e. The summed E-state index contributed by atoms with van der Waals surface area (Å²) in [6, 6.07) is 6.09. The van der Waals surface area contributed by atoms with Crippen LogP contribution in [-0.4, -0.2) is 69.1 Å². The molecule has 2 atom stereocenters. The van der Waals surface area contributed by atoms with Gasteiger partial charge in [-0.05, 0) is 49.7 Å². The predicted octanol–water partition coefficient (Wildman–Crippen LogP) is 0.0640. The van der Waals surface area contributed by atoms with E-state index in [9.17, 15) is 9.59 Å². The number of benzene rings is 1. The number of likely N-dealkylation sites (tertiary alicyclic amines) is 1. The Kier molecular flexibility index (Phi) is 7.28.